The van der Waals surface area contributed by atoms with Crippen LogP contribution in [-0.2, 0) is 9.59 Å². The molecule has 2 amide bonds. The SMILES string of the molecule is C[C@H](O)CNC(=O)[C@H](CSSS[C@H](NCCCO)C(=O)NC[C@H](C)O)NCCCO. The van der Waals surface area contributed by atoms with Crippen LogP contribution in [0, 0.1) is 0 Å². The zero-order valence-corrected chi connectivity index (χ0v) is 20.0. The van der Waals surface area contributed by atoms with Crippen molar-refractivity contribution in [1.82, 2.24) is 21.3 Å². The van der Waals surface area contributed by atoms with E-state index in [1.54, 1.807) is 13.8 Å². The smallest absolute Gasteiger partial charge is 0.248 e. The van der Waals surface area contributed by atoms with Crippen LogP contribution in [0.1, 0.15) is 26.7 Å². The number of hydrogen-bond acceptors (Lipinski definition) is 11. The number of amides is 2. The van der Waals surface area contributed by atoms with Crippen LogP contribution < -0.4 is 21.3 Å². The molecule has 4 atom stereocenters. The third kappa shape index (κ3) is 16.4. The van der Waals surface area contributed by atoms with Gasteiger partial charge in [0.2, 0.25) is 11.8 Å². The van der Waals surface area contributed by atoms with Crippen molar-refractivity contribution in [2.45, 2.75) is 50.3 Å². The van der Waals surface area contributed by atoms with Crippen molar-refractivity contribution in [1.29, 1.82) is 0 Å². The van der Waals surface area contributed by atoms with E-state index in [1.165, 1.54) is 31.4 Å². The molecule has 0 heterocycles. The summed E-state index contributed by atoms with van der Waals surface area (Å²) in [5.74, 6) is -0.0774. The van der Waals surface area contributed by atoms with E-state index in [1.807, 2.05) is 0 Å². The van der Waals surface area contributed by atoms with Gasteiger partial charge in [0, 0.05) is 32.1 Å². The van der Waals surface area contributed by atoms with Crippen molar-refractivity contribution in [3.05, 3.63) is 0 Å². The summed E-state index contributed by atoms with van der Waals surface area (Å²) in [5.41, 5.74) is 0. The van der Waals surface area contributed by atoms with Gasteiger partial charge in [-0.25, -0.2) is 0 Å². The first-order valence-electron chi connectivity index (χ1n) is 9.86. The zero-order valence-electron chi connectivity index (χ0n) is 17.5. The van der Waals surface area contributed by atoms with Crippen LogP contribution >= 0.6 is 31.4 Å². The van der Waals surface area contributed by atoms with E-state index < -0.39 is 23.6 Å². The Labute approximate surface area is 189 Å². The maximum atomic E-state index is 12.3. The highest BCUT2D eigenvalue weighted by atomic mass is 33.5. The molecule has 10 nitrogen and oxygen atoms in total. The average Bonchev–Trinajstić information content (AvgIpc) is 2.70. The second kappa shape index (κ2) is 19.4. The van der Waals surface area contributed by atoms with Crippen molar-refractivity contribution in [3.63, 3.8) is 0 Å². The number of aliphatic hydroxyl groups excluding tert-OH is 4. The van der Waals surface area contributed by atoms with Gasteiger partial charge in [-0.05, 0) is 49.6 Å². The molecule has 0 aliphatic heterocycles. The van der Waals surface area contributed by atoms with E-state index in [0.29, 0.717) is 31.7 Å². The Morgan fingerprint density at radius 3 is 1.93 bits per heavy atom. The fourth-order valence-corrected chi connectivity index (χ4v) is 6.04. The van der Waals surface area contributed by atoms with Crippen LogP contribution in [0.2, 0.25) is 0 Å². The summed E-state index contributed by atoms with van der Waals surface area (Å²) in [5, 5.41) is 47.4. The summed E-state index contributed by atoms with van der Waals surface area (Å²) in [4.78, 5) is 24.6. The van der Waals surface area contributed by atoms with Crippen molar-refractivity contribution in [2.24, 2.45) is 0 Å². The summed E-state index contributed by atoms with van der Waals surface area (Å²) >= 11 is 0. The van der Waals surface area contributed by atoms with Crippen LogP contribution in [-0.4, -0.2) is 101 Å². The second-order valence-electron chi connectivity index (χ2n) is 6.63. The van der Waals surface area contributed by atoms with E-state index in [0.717, 1.165) is 0 Å². The third-order valence-corrected chi connectivity index (χ3v) is 7.81. The molecule has 0 bridgehead atoms. The average molecular weight is 489 g/mol. The molecule has 0 unspecified atom stereocenters. The summed E-state index contributed by atoms with van der Waals surface area (Å²) in [6.45, 7) is 4.46. The second-order valence-corrected chi connectivity index (χ2v) is 10.9. The fourth-order valence-electron chi connectivity index (χ4n) is 1.94. The lowest BCUT2D eigenvalue weighted by molar-refractivity contribution is -0.123. The maximum absolute atomic E-state index is 12.3. The number of aliphatic hydroxyl groups is 4. The first kappa shape index (κ1) is 29.8. The first-order valence-corrected chi connectivity index (χ1v) is 13.6. The van der Waals surface area contributed by atoms with Gasteiger partial charge in [-0.1, -0.05) is 21.6 Å². The molecule has 0 aromatic carbocycles. The lowest BCUT2D eigenvalue weighted by Gasteiger charge is -2.20. The lowest BCUT2D eigenvalue weighted by Crippen LogP contribution is -2.47. The van der Waals surface area contributed by atoms with Gasteiger partial charge >= 0.3 is 0 Å². The minimum Gasteiger partial charge on any atom is -0.396 e. The van der Waals surface area contributed by atoms with Gasteiger partial charge in [0.05, 0.1) is 18.2 Å². The predicted molar refractivity (Wildman–Crippen MR) is 124 cm³/mol. The maximum Gasteiger partial charge on any atom is 0.248 e. The van der Waals surface area contributed by atoms with E-state index in [2.05, 4.69) is 21.3 Å². The van der Waals surface area contributed by atoms with Crippen LogP contribution in [0.4, 0.5) is 0 Å². The Bertz CT molecular complexity index is 423. The lowest BCUT2D eigenvalue weighted by atomic mass is 10.3. The molecule has 0 rings (SSSR count). The van der Waals surface area contributed by atoms with Gasteiger partial charge in [-0.2, -0.15) is 0 Å². The number of carbonyl (C=O) groups is 2. The molecule has 30 heavy (non-hydrogen) atoms. The molecular weight excluding hydrogens is 452 g/mol. The summed E-state index contributed by atoms with van der Waals surface area (Å²) in [6.07, 6.45) is -0.258. The van der Waals surface area contributed by atoms with E-state index in [-0.39, 0.29) is 38.1 Å². The largest absolute Gasteiger partial charge is 0.396 e. The predicted octanol–water partition coefficient (Wildman–Crippen LogP) is -1.35. The van der Waals surface area contributed by atoms with Crippen LogP contribution in [0.25, 0.3) is 0 Å². The Morgan fingerprint density at radius 1 is 0.867 bits per heavy atom. The van der Waals surface area contributed by atoms with Crippen LogP contribution in [0.5, 0.6) is 0 Å². The summed E-state index contributed by atoms with van der Waals surface area (Å²) in [7, 11) is 4.05. The van der Waals surface area contributed by atoms with E-state index in [4.69, 9.17) is 10.2 Å². The third-order valence-electron chi connectivity index (χ3n) is 3.51. The van der Waals surface area contributed by atoms with Crippen LogP contribution in [0.15, 0.2) is 0 Å². The Morgan fingerprint density at radius 2 is 1.40 bits per heavy atom. The van der Waals surface area contributed by atoms with Gasteiger partial charge in [0.25, 0.3) is 0 Å². The minimum absolute atomic E-state index is 0.0182. The van der Waals surface area contributed by atoms with Crippen molar-refractivity contribution < 1.29 is 30.0 Å². The topological polar surface area (TPSA) is 163 Å². The molecule has 0 aromatic rings. The number of carbonyl (C=O) groups excluding carboxylic acids is 2. The molecule has 0 aromatic heterocycles. The van der Waals surface area contributed by atoms with Gasteiger partial charge in [-0.15, -0.1) is 0 Å². The van der Waals surface area contributed by atoms with Gasteiger partial charge in [0.15, 0.2) is 0 Å². The van der Waals surface area contributed by atoms with Crippen LogP contribution in [0.3, 0.4) is 0 Å². The molecule has 0 spiro atoms. The summed E-state index contributed by atoms with van der Waals surface area (Å²) in [6, 6.07) is -0.502. The summed E-state index contributed by atoms with van der Waals surface area (Å²) < 4.78 is 0. The van der Waals surface area contributed by atoms with E-state index in [9.17, 15) is 19.8 Å². The minimum atomic E-state index is -0.648. The Hall–Kier alpha value is -0.250. The fraction of sp³-hybridized carbons (Fsp3) is 0.882. The molecular formula is C17H36N4O6S3. The molecule has 0 fully saturated rings. The highest BCUT2D eigenvalue weighted by Gasteiger charge is 2.21. The molecule has 0 radical (unpaired) electrons. The molecule has 13 heteroatoms. The Balaban J connectivity index is 4.56. The molecule has 0 saturated heterocycles. The first-order chi connectivity index (χ1) is 14.3. The van der Waals surface area contributed by atoms with Crippen molar-refractivity contribution in [3.8, 4) is 0 Å². The van der Waals surface area contributed by atoms with Gasteiger partial charge in [-0.3, -0.25) is 14.9 Å². The van der Waals surface area contributed by atoms with Crippen molar-refractivity contribution >= 4 is 43.2 Å². The number of nitrogens with one attached hydrogen (secondary N) is 4. The molecule has 0 saturated carbocycles. The van der Waals surface area contributed by atoms with E-state index >= 15 is 0 Å². The van der Waals surface area contributed by atoms with Gasteiger partial charge in [0.1, 0.15) is 5.37 Å². The quantitative estimate of drug-likeness (QED) is 0.0616. The number of hydrogen-bond donors (Lipinski definition) is 8. The molecule has 0 aliphatic rings. The van der Waals surface area contributed by atoms with Gasteiger partial charge < -0.3 is 36.4 Å². The normalized spacial score (nSPS) is 15.3. The highest BCUT2D eigenvalue weighted by Crippen LogP contribution is 2.37. The number of rotatable bonds is 19. The zero-order chi connectivity index (χ0) is 22.8. The highest BCUT2D eigenvalue weighted by molar-refractivity contribution is 9.09. The monoisotopic (exact) mass is 488 g/mol. The molecule has 0 aliphatic carbocycles. The Kier molecular flexibility index (Phi) is 19.3. The van der Waals surface area contributed by atoms with Crippen molar-refractivity contribution in [2.75, 3.05) is 45.1 Å². The molecule has 8 N–H and O–H groups in total. The standard InChI is InChI=1S/C17H36N4O6S3/c1-12(24)9-20-15(26)14(18-5-3-7-22)11-28-30-29-17(19-6-4-8-23)16(27)21-10-13(2)25/h12-14,17-19,22-25H,3-11H2,1-2H3,(H,20,26)(H,21,27)/t12-,13-,14-,17-/m0/s1. The molecule has 178 valence electrons.